The van der Waals surface area contributed by atoms with Gasteiger partial charge in [-0.15, -0.1) is 0 Å². The summed E-state index contributed by atoms with van der Waals surface area (Å²) in [6.45, 7) is 1.49. The van der Waals surface area contributed by atoms with Crippen LogP contribution in [0.1, 0.15) is 16.7 Å². The van der Waals surface area contributed by atoms with Crippen LogP contribution in [0.5, 0.6) is 11.5 Å². The van der Waals surface area contributed by atoms with Gasteiger partial charge in [0.1, 0.15) is 11.5 Å². The lowest BCUT2D eigenvalue weighted by Gasteiger charge is -2.22. The summed E-state index contributed by atoms with van der Waals surface area (Å²) in [5, 5.41) is 4.43. The Labute approximate surface area is 227 Å². The first-order chi connectivity index (χ1) is 18.3. The molecule has 7 nitrogen and oxygen atoms in total. The Bertz CT molecular complexity index is 1530. The van der Waals surface area contributed by atoms with Crippen LogP contribution in [0.15, 0.2) is 113 Å². The first-order valence-electron chi connectivity index (χ1n) is 11.8. The maximum absolute atomic E-state index is 13.4. The average molecular weight is 548 g/mol. The SMILES string of the molecule is Cc1ccccc1CN(CC(=O)N/N=C\c1cccc(Oc2ccccc2)c1)S(=O)(=O)c1ccc(Cl)cc1. The van der Waals surface area contributed by atoms with E-state index in [2.05, 4.69) is 10.5 Å². The fourth-order valence-electron chi connectivity index (χ4n) is 3.62. The Kier molecular flexibility index (Phi) is 8.91. The van der Waals surface area contributed by atoms with Gasteiger partial charge in [-0.2, -0.15) is 9.41 Å². The highest BCUT2D eigenvalue weighted by atomic mass is 35.5. The highest BCUT2D eigenvalue weighted by Crippen LogP contribution is 2.22. The molecule has 0 spiro atoms. The van der Waals surface area contributed by atoms with Crippen molar-refractivity contribution in [1.29, 1.82) is 0 Å². The van der Waals surface area contributed by atoms with Crippen molar-refractivity contribution < 1.29 is 17.9 Å². The van der Waals surface area contributed by atoms with E-state index >= 15 is 0 Å². The van der Waals surface area contributed by atoms with Crippen molar-refractivity contribution in [1.82, 2.24) is 9.73 Å². The number of hydrogen-bond donors (Lipinski definition) is 1. The number of carbonyl (C=O) groups excluding carboxylic acids is 1. The summed E-state index contributed by atoms with van der Waals surface area (Å²) in [5.41, 5.74) is 4.83. The van der Waals surface area contributed by atoms with E-state index in [0.29, 0.717) is 22.1 Å². The first-order valence-corrected chi connectivity index (χ1v) is 13.6. The molecule has 4 aromatic carbocycles. The van der Waals surface area contributed by atoms with Gasteiger partial charge in [-0.25, -0.2) is 13.8 Å². The fourth-order valence-corrected chi connectivity index (χ4v) is 5.12. The quantitative estimate of drug-likeness (QED) is 0.201. The van der Waals surface area contributed by atoms with Crippen LogP contribution >= 0.6 is 11.6 Å². The van der Waals surface area contributed by atoms with Gasteiger partial charge < -0.3 is 4.74 Å². The molecular formula is C29H26ClN3O4S. The lowest BCUT2D eigenvalue weighted by molar-refractivity contribution is -0.121. The van der Waals surface area contributed by atoms with E-state index in [4.69, 9.17) is 16.3 Å². The Morgan fingerprint density at radius 2 is 1.61 bits per heavy atom. The first kappa shape index (κ1) is 27.1. The third-order valence-electron chi connectivity index (χ3n) is 5.62. The zero-order valence-electron chi connectivity index (χ0n) is 20.6. The highest BCUT2D eigenvalue weighted by molar-refractivity contribution is 7.89. The number of sulfonamides is 1. The van der Waals surface area contributed by atoms with E-state index in [1.165, 1.54) is 30.5 Å². The van der Waals surface area contributed by atoms with Crippen molar-refractivity contribution in [2.75, 3.05) is 6.54 Å². The number of nitrogens with one attached hydrogen (secondary N) is 1. The van der Waals surface area contributed by atoms with Gasteiger partial charge in [-0.05, 0) is 72.1 Å². The molecule has 0 unspecified atom stereocenters. The number of para-hydroxylation sites is 1. The molecule has 38 heavy (non-hydrogen) atoms. The number of rotatable bonds is 10. The van der Waals surface area contributed by atoms with E-state index in [0.717, 1.165) is 15.4 Å². The van der Waals surface area contributed by atoms with Gasteiger partial charge in [-0.1, -0.05) is 66.2 Å². The average Bonchev–Trinajstić information content (AvgIpc) is 2.90. The van der Waals surface area contributed by atoms with Gasteiger partial charge in [-0.3, -0.25) is 4.79 Å². The molecule has 0 aliphatic rings. The number of halogens is 1. The number of aryl methyl sites for hydroxylation is 1. The van der Waals surface area contributed by atoms with E-state index in [1.807, 2.05) is 79.7 Å². The summed E-state index contributed by atoms with van der Waals surface area (Å²) in [7, 11) is -3.99. The Hall–Kier alpha value is -3.98. The maximum atomic E-state index is 13.4. The van der Waals surface area contributed by atoms with E-state index in [-0.39, 0.29) is 11.4 Å². The number of hydrogen-bond acceptors (Lipinski definition) is 5. The van der Waals surface area contributed by atoms with Crippen molar-refractivity contribution in [2.45, 2.75) is 18.4 Å². The molecule has 9 heteroatoms. The number of nitrogens with zero attached hydrogens (tertiary/aromatic N) is 2. The molecule has 0 saturated carbocycles. The van der Waals surface area contributed by atoms with Crippen LogP contribution in [0.2, 0.25) is 5.02 Å². The van der Waals surface area contributed by atoms with Crippen molar-refractivity contribution in [3.8, 4) is 11.5 Å². The Morgan fingerprint density at radius 1 is 0.921 bits per heavy atom. The molecule has 0 bridgehead atoms. The third kappa shape index (κ3) is 7.29. The Morgan fingerprint density at radius 3 is 2.34 bits per heavy atom. The van der Waals surface area contributed by atoms with Crippen molar-refractivity contribution in [3.05, 3.63) is 125 Å². The molecule has 0 atom stereocenters. The van der Waals surface area contributed by atoms with E-state index < -0.39 is 22.5 Å². The van der Waals surface area contributed by atoms with Crippen LogP contribution in [0.25, 0.3) is 0 Å². The van der Waals surface area contributed by atoms with Crippen LogP contribution in [-0.2, 0) is 21.4 Å². The maximum Gasteiger partial charge on any atom is 0.255 e. The van der Waals surface area contributed by atoms with Gasteiger partial charge in [0, 0.05) is 11.6 Å². The standard InChI is InChI=1S/C29H26ClN3O4S/c1-22-8-5-6-10-24(22)20-33(38(35,36)28-16-14-25(30)15-17-28)21-29(34)32-31-19-23-9-7-13-27(18-23)37-26-11-3-2-4-12-26/h2-19H,20-21H2,1H3,(H,32,34)/b31-19-. The summed E-state index contributed by atoms with van der Waals surface area (Å²) in [5.74, 6) is 0.736. The molecule has 0 aliphatic carbocycles. The molecule has 1 N–H and O–H groups in total. The van der Waals surface area contributed by atoms with Gasteiger partial charge in [0.25, 0.3) is 5.91 Å². The molecular weight excluding hydrogens is 522 g/mol. The lowest BCUT2D eigenvalue weighted by Crippen LogP contribution is -2.39. The van der Waals surface area contributed by atoms with Crippen molar-refractivity contribution >= 4 is 33.7 Å². The minimum Gasteiger partial charge on any atom is -0.457 e. The monoisotopic (exact) mass is 547 g/mol. The van der Waals surface area contributed by atoms with Gasteiger partial charge in [0.05, 0.1) is 17.7 Å². The minimum atomic E-state index is -3.99. The molecule has 0 heterocycles. The van der Waals surface area contributed by atoms with E-state index in [1.54, 1.807) is 6.07 Å². The van der Waals surface area contributed by atoms with Crippen LogP contribution in [0.3, 0.4) is 0 Å². The van der Waals surface area contributed by atoms with Crippen LogP contribution in [-0.4, -0.2) is 31.4 Å². The minimum absolute atomic E-state index is 0.0215. The molecule has 194 valence electrons. The zero-order chi connectivity index (χ0) is 27.0. The summed E-state index contributed by atoms with van der Waals surface area (Å²) < 4.78 is 33.8. The van der Waals surface area contributed by atoms with Crippen LogP contribution in [0.4, 0.5) is 0 Å². The predicted octanol–water partition coefficient (Wildman–Crippen LogP) is 5.78. The molecule has 0 aromatic heterocycles. The molecule has 0 fully saturated rings. The van der Waals surface area contributed by atoms with E-state index in [9.17, 15) is 13.2 Å². The summed E-state index contributed by atoms with van der Waals surface area (Å²) >= 11 is 5.94. The van der Waals surface area contributed by atoms with Gasteiger partial charge in [0.15, 0.2) is 0 Å². The largest absolute Gasteiger partial charge is 0.457 e. The number of benzene rings is 4. The fraction of sp³-hybridized carbons (Fsp3) is 0.103. The zero-order valence-corrected chi connectivity index (χ0v) is 22.2. The second-order valence-corrected chi connectivity index (χ2v) is 10.8. The summed E-state index contributed by atoms with van der Waals surface area (Å²) in [6.07, 6.45) is 1.47. The molecule has 4 rings (SSSR count). The predicted molar refractivity (Wildman–Crippen MR) is 149 cm³/mol. The Balaban J connectivity index is 1.47. The molecule has 4 aromatic rings. The number of carbonyl (C=O) groups is 1. The lowest BCUT2D eigenvalue weighted by atomic mass is 10.1. The summed E-state index contributed by atoms with van der Waals surface area (Å²) in [4.78, 5) is 12.8. The second kappa shape index (κ2) is 12.5. The number of ether oxygens (including phenoxy) is 1. The van der Waals surface area contributed by atoms with Gasteiger partial charge in [0.2, 0.25) is 10.0 Å². The second-order valence-electron chi connectivity index (χ2n) is 8.43. The smallest absolute Gasteiger partial charge is 0.255 e. The number of amides is 1. The third-order valence-corrected chi connectivity index (χ3v) is 7.68. The van der Waals surface area contributed by atoms with Crippen LogP contribution < -0.4 is 10.2 Å². The van der Waals surface area contributed by atoms with Crippen molar-refractivity contribution in [2.24, 2.45) is 5.10 Å². The molecule has 0 saturated heterocycles. The van der Waals surface area contributed by atoms with Crippen LogP contribution in [0, 0.1) is 6.92 Å². The number of hydrazone groups is 1. The van der Waals surface area contributed by atoms with Crippen molar-refractivity contribution in [3.63, 3.8) is 0 Å². The topological polar surface area (TPSA) is 88.1 Å². The normalized spacial score (nSPS) is 11.6. The molecule has 1 amide bonds. The highest BCUT2D eigenvalue weighted by Gasteiger charge is 2.27. The molecule has 0 aliphatic heterocycles. The van der Waals surface area contributed by atoms with Gasteiger partial charge >= 0.3 is 0 Å². The summed E-state index contributed by atoms with van der Waals surface area (Å²) in [6, 6.07) is 29.8. The molecule has 0 radical (unpaired) electrons.